The van der Waals surface area contributed by atoms with Gasteiger partial charge in [-0.25, -0.2) is 8.42 Å². The van der Waals surface area contributed by atoms with Crippen LogP contribution in [0.5, 0.6) is 0 Å². The average molecular weight is 555 g/mol. The van der Waals surface area contributed by atoms with Crippen molar-refractivity contribution in [2.24, 2.45) is 46.3 Å². The molecule has 4 aliphatic rings. The molecule has 0 aliphatic heterocycles. The summed E-state index contributed by atoms with van der Waals surface area (Å²) < 4.78 is 40.2. The maximum absolute atomic E-state index is 12.5. The molecule has 0 spiro atoms. The number of hydrogen-bond acceptors (Lipinski definition) is 8. The third kappa shape index (κ3) is 5.75. The molecule has 0 aromatic heterocycles. The predicted molar refractivity (Wildman–Crippen MR) is 133 cm³/mol. The molecular formula is C27H47NaO8S. The molecular weight excluding hydrogens is 507 g/mol. The molecule has 0 aromatic carbocycles. The van der Waals surface area contributed by atoms with Crippen LogP contribution in [0.25, 0.3) is 0 Å². The molecule has 10 heteroatoms. The summed E-state index contributed by atoms with van der Waals surface area (Å²) in [5.74, 6) is -0.412. The van der Waals surface area contributed by atoms with Gasteiger partial charge in [0, 0.05) is 12.3 Å². The first-order valence-corrected chi connectivity index (χ1v) is 15.3. The maximum Gasteiger partial charge on any atom is 1.00 e. The Balaban J connectivity index is 0.00000380. The van der Waals surface area contributed by atoms with E-state index in [0.717, 1.165) is 19.3 Å². The van der Waals surface area contributed by atoms with Crippen LogP contribution in [0, 0.1) is 46.3 Å². The zero-order valence-corrected chi connectivity index (χ0v) is 26.3. The van der Waals surface area contributed by atoms with Crippen LogP contribution >= 0.6 is 0 Å². The third-order valence-electron chi connectivity index (χ3n) is 11.3. The van der Waals surface area contributed by atoms with E-state index in [-0.39, 0.29) is 77.1 Å². The van der Waals surface area contributed by atoms with E-state index in [9.17, 15) is 33.4 Å². The zero-order chi connectivity index (χ0) is 26.8. The van der Waals surface area contributed by atoms with Gasteiger partial charge < -0.3 is 25.0 Å². The van der Waals surface area contributed by atoms with Crippen LogP contribution in [0.3, 0.4) is 0 Å². The standard InChI is InChI=1S/C27H48O8S.Na/c1-15(2)20(29)7-6-16(3)18-13-21(30)24-26(18,5)11-9-23-25(4)10-8-17(28)12-19(25)22(14-27(23,24)31)35-36(32,33)34;/h15-24,28-31H,6-14H2,1-5H3,(H,32,33,34);/q;+1/p-1/t16-,17+,18-,19?,20+,21+,22+,23?,24?,25+,26-,27+;/m1./s1. The molecule has 0 heterocycles. The van der Waals surface area contributed by atoms with Crippen molar-refractivity contribution in [1.29, 1.82) is 0 Å². The van der Waals surface area contributed by atoms with Gasteiger partial charge in [-0.15, -0.1) is 0 Å². The molecule has 12 atom stereocenters. The van der Waals surface area contributed by atoms with E-state index in [1.165, 1.54) is 0 Å². The Morgan fingerprint density at radius 3 is 2.24 bits per heavy atom. The Kier molecular flexibility index (Phi) is 9.74. The van der Waals surface area contributed by atoms with Crippen molar-refractivity contribution in [3.63, 3.8) is 0 Å². The Labute approximate surface area is 245 Å². The van der Waals surface area contributed by atoms with Gasteiger partial charge in [-0.3, -0.25) is 4.18 Å². The molecule has 4 aliphatic carbocycles. The molecule has 8 nitrogen and oxygen atoms in total. The zero-order valence-electron chi connectivity index (χ0n) is 23.5. The van der Waals surface area contributed by atoms with Gasteiger partial charge in [-0.1, -0.05) is 34.6 Å². The summed E-state index contributed by atoms with van der Waals surface area (Å²) in [6.07, 6.45) is 2.41. The fraction of sp³-hybridized carbons (Fsp3) is 1.00. The average Bonchev–Trinajstić information content (AvgIpc) is 3.03. The predicted octanol–water partition coefficient (Wildman–Crippen LogP) is -0.0156. The van der Waals surface area contributed by atoms with E-state index in [1.807, 2.05) is 20.8 Å². The summed E-state index contributed by atoms with van der Waals surface area (Å²) in [6.45, 7) is 10.4. The van der Waals surface area contributed by atoms with E-state index in [1.54, 1.807) is 0 Å². The number of hydrogen-bond donors (Lipinski definition) is 4. The molecule has 0 amide bonds. The fourth-order valence-corrected chi connectivity index (χ4v) is 10.1. The molecule has 3 unspecified atom stereocenters. The van der Waals surface area contributed by atoms with Crippen LogP contribution in [-0.2, 0) is 14.6 Å². The molecule has 0 aromatic rings. The normalized spacial score (nSPS) is 47.4. The minimum atomic E-state index is -5.01. The molecule has 4 fully saturated rings. The first-order valence-electron chi connectivity index (χ1n) is 13.9. The van der Waals surface area contributed by atoms with E-state index < -0.39 is 45.6 Å². The second-order valence-corrected chi connectivity index (χ2v) is 14.6. The third-order valence-corrected chi connectivity index (χ3v) is 11.8. The van der Waals surface area contributed by atoms with Crippen LogP contribution in [0.1, 0.15) is 92.4 Å². The van der Waals surface area contributed by atoms with E-state index in [0.29, 0.717) is 32.1 Å². The van der Waals surface area contributed by atoms with Gasteiger partial charge >= 0.3 is 29.6 Å². The van der Waals surface area contributed by atoms with Crippen molar-refractivity contribution >= 4 is 10.4 Å². The summed E-state index contributed by atoms with van der Waals surface area (Å²) in [5, 5.41) is 44.7. The molecule has 4 saturated carbocycles. The number of aliphatic hydroxyl groups excluding tert-OH is 3. The van der Waals surface area contributed by atoms with Gasteiger partial charge in [0.15, 0.2) is 0 Å². The van der Waals surface area contributed by atoms with Gasteiger partial charge in [0.25, 0.3) is 0 Å². The van der Waals surface area contributed by atoms with Crippen LogP contribution in [0.2, 0.25) is 0 Å². The number of fused-ring (bicyclic) bond motifs is 5. The minimum Gasteiger partial charge on any atom is -0.726 e. The van der Waals surface area contributed by atoms with Gasteiger partial charge in [-0.2, -0.15) is 0 Å². The van der Waals surface area contributed by atoms with Crippen molar-refractivity contribution in [2.75, 3.05) is 0 Å². The molecule has 37 heavy (non-hydrogen) atoms. The van der Waals surface area contributed by atoms with Crippen LogP contribution < -0.4 is 29.6 Å². The first-order chi connectivity index (χ1) is 16.5. The van der Waals surface area contributed by atoms with E-state index in [4.69, 9.17) is 4.18 Å². The molecule has 0 bridgehead atoms. The Morgan fingerprint density at radius 1 is 1.03 bits per heavy atom. The van der Waals surface area contributed by atoms with Crippen molar-refractivity contribution in [2.45, 2.75) is 122 Å². The Hall–Kier alpha value is 0.710. The SMILES string of the molecule is CC(C)[C@@H](O)CC[C@@H](C)[C@H]1C[C@H](O)C2[C@]3(O)C[C@H](OS(=O)(=O)[O-])C4C[C@@H](O)CC[C@]4(C)C3CC[C@@]21C.[Na+]. The van der Waals surface area contributed by atoms with Crippen molar-refractivity contribution in [3.05, 3.63) is 0 Å². The van der Waals surface area contributed by atoms with Gasteiger partial charge in [0.2, 0.25) is 10.4 Å². The maximum atomic E-state index is 12.5. The smallest absolute Gasteiger partial charge is 0.726 e. The molecule has 0 radical (unpaired) electrons. The van der Waals surface area contributed by atoms with E-state index >= 15 is 0 Å². The Morgan fingerprint density at radius 2 is 1.65 bits per heavy atom. The van der Waals surface area contributed by atoms with Crippen LogP contribution in [0.15, 0.2) is 0 Å². The quantitative estimate of drug-likeness (QED) is 0.195. The molecule has 210 valence electrons. The second kappa shape index (κ2) is 11.2. The number of rotatable bonds is 7. The largest absolute Gasteiger partial charge is 1.00 e. The first kappa shape index (κ1) is 32.2. The number of aliphatic hydroxyl groups is 4. The molecule has 0 saturated heterocycles. The van der Waals surface area contributed by atoms with Crippen molar-refractivity contribution in [1.82, 2.24) is 0 Å². The van der Waals surface area contributed by atoms with Crippen LogP contribution in [-0.4, -0.2) is 63.4 Å². The Bertz CT molecular complexity index is 916. The summed E-state index contributed by atoms with van der Waals surface area (Å²) >= 11 is 0. The van der Waals surface area contributed by atoms with Gasteiger partial charge in [0.05, 0.1) is 30.0 Å². The van der Waals surface area contributed by atoms with E-state index in [2.05, 4.69) is 13.8 Å². The molecule has 4 rings (SSSR count). The fourth-order valence-electron chi connectivity index (χ4n) is 9.59. The van der Waals surface area contributed by atoms with Gasteiger partial charge in [-0.05, 0) is 91.8 Å². The van der Waals surface area contributed by atoms with Crippen LogP contribution in [0.4, 0.5) is 0 Å². The minimum absolute atomic E-state index is 0. The van der Waals surface area contributed by atoms with Crippen molar-refractivity contribution < 1.29 is 67.1 Å². The second-order valence-electron chi connectivity index (χ2n) is 13.6. The van der Waals surface area contributed by atoms with Gasteiger partial charge in [0.1, 0.15) is 0 Å². The summed E-state index contributed by atoms with van der Waals surface area (Å²) in [6, 6.07) is 0. The molecule has 4 N–H and O–H groups in total. The summed E-state index contributed by atoms with van der Waals surface area (Å²) in [5.41, 5.74) is -2.24. The van der Waals surface area contributed by atoms with Crippen molar-refractivity contribution in [3.8, 4) is 0 Å². The summed E-state index contributed by atoms with van der Waals surface area (Å²) in [7, 11) is -5.01. The monoisotopic (exact) mass is 554 g/mol. The topological polar surface area (TPSA) is 147 Å². The summed E-state index contributed by atoms with van der Waals surface area (Å²) in [4.78, 5) is 0.